The quantitative estimate of drug-likeness (QED) is 0.421. The Morgan fingerprint density at radius 1 is 0.758 bits per heavy atom. The lowest BCUT2D eigenvalue weighted by atomic mass is 9.98. The van der Waals surface area contributed by atoms with Gasteiger partial charge in [0.15, 0.2) is 0 Å². The summed E-state index contributed by atoms with van der Waals surface area (Å²) in [7, 11) is 1.22. The lowest BCUT2D eigenvalue weighted by Crippen LogP contribution is -2.40. The van der Waals surface area contributed by atoms with E-state index in [1.54, 1.807) is 27.7 Å². The van der Waals surface area contributed by atoms with Gasteiger partial charge < -0.3 is 18.9 Å². The van der Waals surface area contributed by atoms with Crippen molar-refractivity contribution >= 4 is 18.1 Å². The van der Waals surface area contributed by atoms with Crippen LogP contribution >= 0.6 is 0 Å². The molecule has 3 rings (SSSR count). The lowest BCUT2D eigenvalue weighted by molar-refractivity contribution is -0.177. The third kappa shape index (κ3) is 5.35. The van der Waals surface area contributed by atoms with Crippen LogP contribution in [0.15, 0.2) is 48.5 Å². The van der Waals surface area contributed by atoms with Gasteiger partial charge in [0, 0.05) is 17.8 Å². The summed E-state index contributed by atoms with van der Waals surface area (Å²) in [5.74, 6) is -2.30. The van der Waals surface area contributed by atoms with Crippen molar-refractivity contribution in [1.82, 2.24) is 0 Å². The number of ether oxygens (including phenoxy) is 4. The Morgan fingerprint density at radius 2 is 1.24 bits per heavy atom. The van der Waals surface area contributed by atoms with Crippen molar-refractivity contribution in [2.24, 2.45) is 11.8 Å². The van der Waals surface area contributed by atoms with Crippen molar-refractivity contribution in [1.29, 1.82) is 0 Å². The Hall–Kier alpha value is -3.35. The second-order valence-electron chi connectivity index (χ2n) is 8.70. The molecule has 0 fully saturated rings. The first-order valence-electron chi connectivity index (χ1n) is 11.0. The van der Waals surface area contributed by atoms with Gasteiger partial charge in [-0.1, -0.05) is 76.2 Å². The van der Waals surface area contributed by atoms with Gasteiger partial charge in [0.05, 0.1) is 7.11 Å². The fraction of sp³-hybridized carbons (Fsp3) is 0.423. The molecule has 176 valence electrons. The van der Waals surface area contributed by atoms with Gasteiger partial charge in [-0.05, 0) is 22.3 Å². The average molecular weight is 455 g/mol. The van der Waals surface area contributed by atoms with Crippen molar-refractivity contribution in [2.75, 3.05) is 13.7 Å². The molecule has 1 aliphatic rings. The van der Waals surface area contributed by atoms with Crippen molar-refractivity contribution < 1.29 is 33.3 Å². The van der Waals surface area contributed by atoms with Gasteiger partial charge in [-0.2, -0.15) is 0 Å². The lowest BCUT2D eigenvalue weighted by Gasteiger charge is -2.24. The highest BCUT2D eigenvalue weighted by atomic mass is 16.7. The molecule has 0 N–H and O–H groups in total. The maximum absolute atomic E-state index is 12.7. The number of benzene rings is 2. The van der Waals surface area contributed by atoms with Crippen molar-refractivity contribution in [3.63, 3.8) is 0 Å². The third-order valence-electron chi connectivity index (χ3n) is 5.67. The van der Waals surface area contributed by atoms with E-state index in [2.05, 4.69) is 0 Å². The predicted molar refractivity (Wildman–Crippen MR) is 122 cm³/mol. The zero-order chi connectivity index (χ0) is 24.1. The summed E-state index contributed by atoms with van der Waals surface area (Å²) in [6, 6.07) is 16.0. The number of rotatable bonds is 8. The second-order valence-corrected chi connectivity index (χ2v) is 8.70. The Morgan fingerprint density at radius 3 is 1.73 bits per heavy atom. The number of esters is 2. The van der Waals surface area contributed by atoms with E-state index in [9.17, 15) is 14.4 Å². The van der Waals surface area contributed by atoms with E-state index < -0.39 is 30.3 Å². The molecule has 0 aromatic heterocycles. The smallest absolute Gasteiger partial charge is 0.466 e. The minimum Gasteiger partial charge on any atom is -0.466 e. The van der Waals surface area contributed by atoms with Gasteiger partial charge in [-0.25, -0.2) is 14.4 Å². The zero-order valence-electron chi connectivity index (χ0n) is 19.6. The summed E-state index contributed by atoms with van der Waals surface area (Å²) in [6.07, 6.45) is -3.27. The van der Waals surface area contributed by atoms with Gasteiger partial charge in [0.1, 0.15) is 6.61 Å². The molecule has 7 heteroatoms. The van der Waals surface area contributed by atoms with E-state index in [1.165, 1.54) is 7.11 Å². The Balaban J connectivity index is 1.66. The third-order valence-corrected chi connectivity index (χ3v) is 5.67. The van der Waals surface area contributed by atoms with Crippen molar-refractivity contribution in [2.45, 2.75) is 45.8 Å². The van der Waals surface area contributed by atoms with Crippen LogP contribution in [-0.2, 0) is 28.5 Å². The van der Waals surface area contributed by atoms with Gasteiger partial charge in [-0.3, -0.25) is 0 Å². The molecule has 0 heterocycles. The second kappa shape index (κ2) is 10.5. The maximum Gasteiger partial charge on any atom is 0.509 e. The number of hydrogen-bond donors (Lipinski definition) is 0. The van der Waals surface area contributed by atoms with Crippen LogP contribution in [0, 0.1) is 11.8 Å². The van der Waals surface area contributed by atoms with Crippen molar-refractivity contribution in [3.05, 3.63) is 59.7 Å². The van der Waals surface area contributed by atoms with Crippen LogP contribution in [0.1, 0.15) is 44.7 Å². The van der Waals surface area contributed by atoms with Gasteiger partial charge in [0.2, 0.25) is 12.2 Å². The highest BCUT2D eigenvalue weighted by Gasteiger charge is 2.35. The topological polar surface area (TPSA) is 88.1 Å². The van der Waals surface area contributed by atoms with E-state index in [0.717, 1.165) is 22.3 Å². The average Bonchev–Trinajstić information content (AvgIpc) is 3.12. The Bertz CT molecular complexity index is 966. The van der Waals surface area contributed by atoms with Crippen LogP contribution < -0.4 is 0 Å². The summed E-state index contributed by atoms with van der Waals surface area (Å²) < 4.78 is 20.8. The van der Waals surface area contributed by atoms with E-state index in [1.807, 2.05) is 48.5 Å². The molecule has 2 atom stereocenters. The van der Waals surface area contributed by atoms with E-state index in [4.69, 9.17) is 18.9 Å². The molecule has 2 aromatic carbocycles. The van der Waals surface area contributed by atoms with E-state index in [-0.39, 0.29) is 24.4 Å². The molecule has 2 aromatic rings. The van der Waals surface area contributed by atoms with E-state index >= 15 is 0 Å². The number of carbonyl (C=O) groups excluding carboxylic acids is 3. The maximum atomic E-state index is 12.7. The van der Waals surface area contributed by atoms with Crippen LogP contribution in [0.2, 0.25) is 0 Å². The van der Waals surface area contributed by atoms with Gasteiger partial charge >= 0.3 is 18.1 Å². The van der Waals surface area contributed by atoms with Crippen LogP contribution in [0.3, 0.4) is 0 Å². The first-order valence-corrected chi connectivity index (χ1v) is 11.0. The molecule has 7 nitrogen and oxygen atoms in total. The molecule has 0 unspecified atom stereocenters. The summed E-state index contributed by atoms with van der Waals surface area (Å²) in [4.78, 5) is 37.1. The van der Waals surface area contributed by atoms with Crippen LogP contribution in [0.5, 0.6) is 0 Å². The van der Waals surface area contributed by atoms with Crippen LogP contribution in [-0.4, -0.2) is 44.0 Å². The highest BCUT2D eigenvalue weighted by Crippen LogP contribution is 2.44. The first-order chi connectivity index (χ1) is 15.7. The zero-order valence-corrected chi connectivity index (χ0v) is 19.6. The molecule has 0 amide bonds. The number of hydrogen-bond acceptors (Lipinski definition) is 7. The number of carbonyl (C=O) groups is 3. The molecule has 0 saturated carbocycles. The van der Waals surface area contributed by atoms with Crippen LogP contribution in [0.4, 0.5) is 4.79 Å². The number of fused-ring (bicyclic) bond motifs is 3. The Kier molecular flexibility index (Phi) is 7.74. The molecule has 1 aliphatic carbocycles. The fourth-order valence-electron chi connectivity index (χ4n) is 3.95. The van der Waals surface area contributed by atoms with Crippen molar-refractivity contribution in [3.8, 4) is 11.1 Å². The summed E-state index contributed by atoms with van der Waals surface area (Å²) in [5.41, 5.74) is 4.37. The molecular weight excluding hydrogens is 424 g/mol. The largest absolute Gasteiger partial charge is 0.509 e. The van der Waals surface area contributed by atoms with Crippen LogP contribution in [0.25, 0.3) is 11.1 Å². The summed E-state index contributed by atoms with van der Waals surface area (Å²) in [6.45, 7) is 6.96. The normalized spacial score (nSPS) is 14.3. The fourth-order valence-corrected chi connectivity index (χ4v) is 3.95. The molecule has 0 bridgehead atoms. The summed E-state index contributed by atoms with van der Waals surface area (Å²) in [5, 5.41) is 0. The molecule has 0 radical (unpaired) electrons. The summed E-state index contributed by atoms with van der Waals surface area (Å²) >= 11 is 0. The first kappa shape index (κ1) is 24.3. The minimum absolute atomic E-state index is 0.0729. The monoisotopic (exact) mass is 454 g/mol. The number of methoxy groups -OCH3 is 1. The van der Waals surface area contributed by atoms with E-state index in [0.29, 0.717) is 0 Å². The SMILES string of the molecule is COC(=O)[C@@H](OC(=O)[C@@H](OC(=O)OCC1c2ccccc2-c2ccccc21)C(C)C)C(C)C. The molecular formula is C26H30O7. The Labute approximate surface area is 194 Å². The highest BCUT2D eigenvalue weighted by molar-refractivity contribution is 5.83. The standard InChI is InChI=1S/C26H30O7/c1-15(2)22(24(27)30-5)32-25(28)23(16(3)4)33-26(29)31-14-21-19-12-8-6-10-17(19)18-11-7-9-13-20(18)21/h6-13,15-16,21-23H,14H2,1-5H3/t22-,23-/m0/s1. The molecule has 0 spiro atoms. The minimum atomic E-state index is -1.22. The molecule has 0 saturated heterocycles. The van der Waals surface area contributed by atoms with Gasteiger partial charge in [0.25, 0.3) is 0 Å². The predicted octanol–water partition coefficient (Wildman–Crippen LogP) is 4.72. The molecule has 0 aliphatic heterocycles. The molecule has 33 heavy (non-hydrogen) atoms. The van der Waals surface area contributed by atoms with Gasteiger partial charge in [-0.15, -0.1) is 0 Å².